The minimum Gasteiger partial charge on any atom is -0.334 e. The summed E-state index contributed by atoms with van der Waals surface area (Å²) >= 11 is 0. The lowest BCUT2D eigenvalue weighted by Crippen LogP contribution is -2.42. The first-order valence-electron chi connectivity index (χ1n) is 6.59. The van der Waals surface area contributed by atoms with Crippen LogP contribution in [-0.4, -0.2) is 25.2 Å². The van der Waals surface area contributed by atoms with Gasteiger partial charge in [0.15, 0.2) is 0 Å². The Bertz CT molecular complexity index is 398. The van der Waals surface area contributed by atoms with Gasteiger partial charge in [-0.25, -0.2) is 4.79 Å². The van der Waals surface area contributed by atoms with Gasteiger partial charge < -0.3 is 16.0 Å². The molecule has 18 heavy (non-hydrogen) atoms. The van der Waals surface area contributed by atoms with Crippen molar-refractivity contribution in [2.24, 2.45) is 0 Å². The number of aryl methyl sites for hydroxylation is 1. The van der Waals surface area contributed by atoms with Gasteiger partial charge in [-0.15, -0.1) is 0 Å². The fraction of sp³-hybridized carbons (Fsp3) is 0.500. The zero-order valence-electron chi connectivity index (χ0n) is 10.8. The number of rotatable bonds is 2. The zero-order valence-corrected chi connectivity index (χ0v) is 10.8. The van der Waals surface area contributed by atoms with Crippen LogP contribution in [0.1, 0.15) is 24.8 Å². The van der Waals surface area contributed by atoms with Crippen LogP contribution in [0, 0.1) is 6.92 Å². The lowest BCUT2D eigenvalue weighted by atomic mass is 10.1. The van der Waals surface area contributed by atoms with Crippen LogP contribution in [0.5, 0.6) is 0 Å². The van der Waals surface area contributed by atoms with Crippen molar-refractivity contribution in [2.75, 3.05) is 18.4 Å². The smallest absolute Gasteiger partial charge is 0.319 e. The van der Waals surface area contributed by atoms with Crippen molar-refractivity contribution in [3.05, 3.63) is 29.8 Å². The molecule has 2 rings (SSSR count). The summed E-state index contributed by atoms with van der Waals surface area (Å²) in [7, 11) is 0. The average molecular weight is 247 g/mol. The highest BCUT2D eigenvalue weighted by atomic mass is 16.2. The van der Waals surface area contributed by atoms with Gasteiger partial charge in [0, 0.05) is 18.3 Å². The predicted molar refractivity (Wildman–Crippen MR) is 73.8 cm³/mol. The van der Waals surface area contributed by atoms with E-state index < -0.39 is 0 Å². The van der Waals surface area contributed by atoms with Gasteiger partial charge in [-0.2, -0.15) is 0 Å². The van der Waals surface area contributed by atoms with Crippen LogP contribution in [0.2, 0.25) is 0 Å². The van der Waals surface area contributed by atoms with E-state index in [0.29, 0.717) is 0 Å². The number of nitrogens with one attached hydrogen (secondary N) is 3. The fourth-order valence-corrected chi connectivity index (χ4v) is 2.22. The minimum absolute atomic E-state index is 0.116. The van der Waals surface area contributed by atoms with Crippen molar-refractivity contribution in [3.63, 3.8) is 0 Å². The molecule has 4 nitrogen and oxygen atoms in total. The second-order valence-electron chi connectivity index (χ2n) is 4.86. The summed E-state index contributed by atoms with van der Waals surface area (Å²) in [5.41, 5.74) is 1.98. The minimum atomic E-state index is -0.116. The molecule has 1 unspecified atom stereocenters. The van der Waals surface area contributed by atoms with Crippen molar-refractivity contribution < 1.29 is 4.79 Å². The van der Waals surface area contributed by atoms with Gasteiger partial charge in [0.05, 0.1) is 0 Å². The second kappa shape index (κ2) is 6.40. The van der Waals surface area contributed by atoms with Crippen LogP contribution < -0.4 is 16.0 Å². The highest BCUT2D eigenvalue weighted by Crippen LogP contribution is 2.10. The number of amides is 2. The topological polar surface area (TPSA) is 53.2 Å². The number of anilines is 1. The molecule has 1 heterocycles. The van der Waals surface area contributed by atoms with E-state index in [1.807, 2.05) is 31.2 Å². The van der Waals surface area contributed by atoms with E-state index in [2.05, 4.69) is 16.0 Å². The monoisotopic (exact) mass is 247 g/mol. The molecule has 1 aliphatic rings. The van der Waals surface area contributed by atoms with Gasteiger partial charge in [-0.3, -0.25) is 0 Å². The predicted octanol–water partition coefficient (Wildman–Crippen LogP) is 2.26. The first kappa shape index (κ1) is 12.9. The van der Waals surface area contributed by atoms with E-state index in [9.17, 15) is 4.79 Å². The highest BCUT2D eigenvalue weighted by Gasteiger charge is 2.14. The zero-order chi connectivity index (χ0) is 12.8. The summed E-state index contributed by atoms with van der Waals surface area (Å²) in [4.78, 5) is 11.9. The fourth-order valence-electron chi connectivity index (χ4n) is 2.22. The van der Waals surface area contributed by atoms with Crippen molar-refractivity contribution in [1.29, 1.82) is 0 Å². The van der Waals surface area contributed by atoms with Gasteiger partial charge in [-0.05, 0) is 44.0 Å². The molecule has 4 heteroatoms. The maximum atomic E-state index is 11.9. The van der Waals surface area contributed by atoms with Crippen LogP contribution in [0.15, 0.2) is 24.3 Å². The third kappa shape index (κ3) is 4.04. The summed E-state index contributed by atoms with van der Waals surface area (Å²) in [5, 5.41) is 9.22. The van der Waals surface area contributed by atoms with Crippen molar-refractivity contribution in [2.45, 2.75) is 32.2 Å². The molecule has 0 spiro atoms. The number of carbonyl (C=O) groups excluding carboxylic acids is 1. The molecule has 0 bridgehead atoms. The maximum Gasteiger partial charge on any atom is 0.319 e. The summed E-state index contributed by atoms with van der Waals surface area (Å²) in [6.45, 7) is 3.93. The third-order valence-electron chi connectivity index (χ3n) is 3.16. The Balaban J connectivity index is 1.84. The van der Waals surface area contributed by atoms with Gasteiger partial charge in [0.2, 0.25) is 0 Å². The third-order valence-corrected chi connectivity index (χ3v) is 3.16. The number of urea groups is 1. The summed E-state index contributed by atoms with van der Waals surface area (Å²) in [6.07, 6.45) is 3.41. The van der Waals surface area contributed by atoms with Gasteiger partial charge in [-0.1, -0.05) is 18.6 Å². The molecule has 1 aromatic carbocycles. The Hall–Kier alpha value is -1.55. The molecule has 1 aliphatic heterocycles. The van der Waals surface area contributed by atoms with E-state index in [1.165, 1.54) is 12.8 Å². The standard InChI is InChI=1S/C14H21N3O/c1-11-5-4-7-12(9-11)16-14(18)17-13-6-2-3-8-15-10-13/h4-5,7,9,13,15H,2-3,6,8,10H2,1H3,(H2,16,17,18). The first-order valence-corrected chi connectivity index (χ1v) is 6.59. The lowest BCUT2D eigenvalue weighted by molar-refractivity contribution is 0.247. The summed E-state index contributed by atoms with van der Waals surface area (Å²) in [5.74, 6) is 0. The Morgan fingerprint density at radius 3 is 3.11 bits per heavy atom. The van der Waals surface area contributed by atoms with Gasteiger partial charge >= 0.3 is 6.03 Å². The highest BCUT2D eigenvalue weighted by molar-refractivity contribution is 5.89. The van der Waals surface area contributed by atoms with Crippen molar-refractivity contribution in [1.82, 2.24) is 10.6 Å². The van der Waals surface area contributed by atoms with E-state index >= 15 is 0 Å². The molecule has 1 aromatic rings. The SMILES string of the molecule is Cc1cccc(NC(=O)NC2CCCCNC2)c1. The molecular weight excluding hydrogens is 226 g/mol. The normalized spacial score (nSPS) is 19.9. The molecule has 0 saturated carbocycles. The van der Waals surface area contributed by atoms with E-state index in [-0.39, 0.29) is 12.1 Å². The quantitative estimate of drug-likeness (QED) is 0.751. The molecule has 2 amide bonds. The molecule has 0 radical (unpaired) electrons. The largest absolute Gasteiger partial charge is 0.334 e. The molecule has 98 valence electrons. The van der Waals surface area contributed by atoms with Crippen LogP contribution in [0.3, 0.4) is 0 Å². The molecular formula is C14H21N3O. The van der Waals surface area contributed by atoms with Gasteiger partial charge in [0.25, 0.3) is 0 Å². The van der Waals surface area contributed by atoms with Gasteiger partial charge in [0.1, 0.15) is 0 Å². The summed E-state index contributed by atoms with van der Waals surface area (Å²) in [6, 6.07) is 7.94. The van der Waals surface area contributed by atoms with Crippen molar-refractivity contribution in [3.8, 4) is 0 Å². The van der Waals surface area contributed by atoms with Crippen LogP contribution in [0.4, 0.5) is 10.5 Å². The molecule has 3 N–H and O–H groups in total. The first-order chi connectivity index (χ1) is 8.74. The average Bonchev–Trinajstić information content (AvgIpc) is 2.57. The molecule has 0 aliphatic carbocycles. The second-order valence-corrected chi connectivity index (χ2v) is 4.86. The maximum absolute atomic E-state index is 11.9. The summed E-state index contributed by atoms with van der Waals surface area (Å²) < 4.78 is 0. The molecule has 0 aromatic heterocycles. The van der Waals surface area contributed by atoms with Crippen LogP contribution in [-0.2, 0) is 0 Å². The number of carbonyl (C=O) groups is 1. The van der Waals surface area contributed by atoms with Crippen LogP contribution in [0.25, 0.3) is 0 Å². The van der Waals surface area contributed by atoms with E-state index in [4.69, 9.17) is 0 Å². The Morgan fingerprint density at radius 1 is 1.39 bits per heavy atom. The Kier molecular flexibility index (Phi) is 4.59. The number of hydrogen-bond acceptors (Lipinski definition) is 2. The lowest BCUT2D eigenvalue weighted by Gasteiger charge is -2.17. The number of hydrogen-bond donors (Lipinski definition) is 3. The molecule has 1 saturated heterocycles. The Labute approximate surface area is 108 Å². The molecule has 1 atom stereocenters. The molecule has 1 fully saturated rings. The van der Waals surface area contributed by atoms with E-state index in [0.717, 1.165) is 30.8 Å². The Morgan fingerprint density at radius 2 is 2.28 bits per heavy atom. The van der Waals surface area contributed by atoms with Crippen LogP contribution >= 0.6 is 0 Å². The van der Waals surface area contributed by atoms with Crippen molar-refractivity contribution >= 4 is 11.7 Å². The van der Waals surface area contributed by atoms with E-state index in [1.54, 1.807) is 0 Å². The number of benzene rings is 1.